The molecule has 0 saturated carbocycles. The van der Waals surface area contributed by atoms with Crippen LogP contribution in [-0.4, -0.2) is 22.6 Å². The molecule has 0 spiro atoms. The highest BCUT2D eigenvalue weighted by atomic mass is 35.5. The van der Waals surface area contributed by atoms with E-state index in [1.165, 1.54) is 0 Å². The van der Waals surface area contributed by atoms with Gasteiger partial charge in [0.2, 0.25) is 0 Å². The summed E-state index contributed by atoms with van der Waals surface area (Å²) in [5, 5.41) is 3.86. The average Bonchev–Trinajstić information content (AvgIpc) is 3.28. The number of ether oxygens (including phenoxy) is 1. The Hall–Kier alpha value is -3.22. The lowest BCUT2D eigenvalue weighted by Crippen LogP contribution is -2.31. The molecule has 0 bridgehead atoms. The summed E-state index contributed by atoms with van der Waals surface area (Å²) in [5.74, 6) is 2.17. The van der Waals surface area contributed by atoms with E-state index in [0.29, 0.717) is 5.56 Å². The van der Waals surface area contributed by atoms with Gasteiger partial charge in [0.15, 0.2) is 0 Å². The van der Waals surface area contributed by atoms with E-state index in [-0.39, 0.29) is 11.9 Å². The smallest absolute Gasteiger partial charge is 0.252 e. The lowest BCUT2D eigenvalue weighted by Gasteiger charge is -2.19. The molecule has 1 aromatic heterocycles. The van der Waals surface area contributed by atoms with E-state index >= 15 is 0 Å². The quantitative estimate of drug-likeness (QED) is 0.321. The Morgan fingerprint density at radius 2 is 1.76 bits per heavy atom. The van der Waals surface area contributed by atoms with Crippen LogP contribution in [0.4, 0.5) is 0 Å². The van der Waals surface area contributed by atoms with Crippen molar-refractivity contribution in [1.82, 2.24) is 14.9 Å². The molecule has 1 N–H and O–H groups in total. The molecule has 168 valence electrons. The standard InChI is InChI=1S/C26H24ClN3O2S/c1-30-16-15-28-25(30)24(19-7-11-22(32-2)12-8-19)29-26(31)20-5-3-18(4-6-20)17-33-23-13-9-21(27)10-14-23/h3-16,24H,17H2,1-2H3,(H,29,31). The van der Waals surface area contributed by atoms with Gasteiger partial charge in [-0.05, 0) is 59.7 Å². The van der Waals surface area contributed by atoms with Crippen LogP contribution >= 0.6 is 23.4 Å². The summed E-state index contributed by atoms with van der Waals surface area (Å²) in [5.41, 5.74) is 2.67. The molecule has 0 aliphatic rings. The first-order valence-electron chi connectivity index (χ1n) is 10.4. The third-order valence-electron chi connectivity index (χ3n) is 5.28. The molecule has 7 heteroatoms. The SMILES string of the molecule is COc1ccc(C(NC(=O)c2ccc(CSc3ccc(Cl)cc3)cc2)c2nccn2C)cc1. The highest BCUT2D eigenvalue weighted by Gasteiger charge is 2.21. The first-order chi connectivity index (χ1) is 16.0. The number of nitrogens with one attached hydrogen (secondary N) is 1. The molecular weight excluding hydrogens is 454 g/mol. The Labute approximate surface area is 202 Å². The second-order valence-electron chi connectivity index (χ2n) is 7.52. The number of carbonyl (C=O) groups is 1. The summed E-state index contributed by atoms with van der Waals surface area (Å²) in [7, 11) is 3.54. The maximum absolute atomic E-state index is 13.1. The number of thioether (sulfide) groups is 1. The van der Waals surface area contributed by atoms with Crippen molar-refractivity contribution in [3.63, 3.8) is 0 Å². The van der Waals surface area contributed by atoms with Crippen LogP contribution in [0.15, 0.2) is 90.1 Å². The lowest BCUT2D eigenvalue weighted by atomic mass is 10.0. The van der Waals surface area contributed by atoms with Crippen molar-refractivity contribution in [1.29, 1.82) is 0 Å². The molecule has 0 aliphatic heterocycles. The van der Waals surface area contributed by atoms with Gasteiger partial charge in [-0.15, -0.1) is 11.8 Å². The van der Waals surface area contributed by atoms with Crippen LogP contribution in [0, 0.1) is 0 Å². The molecule has 1 atom stereocenters. The topological polar surface area (TPSA) is 56.1 Å². The number of hydrogen-bond donors (Lipinski definition) is 1. The van der Waals surface area contributed by atoms with Crippen molar-refractivity contribution in [3.05, 3.63) is 113 Å². The van der Waals surface area contributed by atoms with E-state index in [0.717, 1.165) is 38.4 Å². The van der Waals surface area contributed by atoms with Crippen molar-refractivity contribution in [3.8, 4) is 5.75 Å². The number of aryl methyl sites for hydroxylation is 1. The highest BCUT2D eigenvalue weighted by molar-refractivity contribution is 7.98. The molecule has 0 saturated heterocycles. The van der Waals surface area contributed by atoms with Crippen molar-refractivity contribution in [2.75, 3.05) is 7.11 Å². The van der Waals surface area contributed by atoms with E-state index in [4.69, 9.17) is 16.3 Å². The zero-order valence-corrected chi connectivity index (χ0v) is 19.9. The number of amides is 1. The first kappa shape index (κ1) is 23.0. The van der Waals surface area contributed by atoms with Gasteiger partial charge in [-0.3, -0.25) is 4.79 Å². The fourth-order valence-electron chi connectivity index (χ4n) is 3.41. The van der Waals surface area contributed by atoms with Crippen LogP contribution < -0.4 is 10.1 Å². The highest BCUT2D eigenvalue weighted by Crippen LogP contribution is 2.26. The number of imidazole rings is 1. The Balaban J connectivity index is 1.47. The van der Waals surface area contributed by atoms with Crippen LogP contribution in [0.5, 0.6) is 5.75 Å². The third-order valence-corrected chi connectivity index (χ3v) is 6.61. The van der Waals surface area contributed by atoms with Crippen LogP contribution in [-0.2, 0) is 12.8 Å². The van der Waals surface area contributed by atoms with Crippen molar-refractivity contribution >= 4 is 29.3 Å². The van der Waals surface area contributed by atoms with Gasteiger partial charge in [0.25, 0.3) is 5.91 Å². The van der Waals surface area contributed by atoms with Gasteiger partial charge >= 0.3 is 0 Å². The number of aromatic nitrogens is 2. The maximum Gasteiger partial charge on any atom is 0.252 e. The Morgan fingerprint density at radius 1 is 1.06 bits per heavy atom. The molecule has 0 fully saturated rings. The minimum Gasteiger partial charge on any atom is -0.497 e. The molecule has 0 aliphatic carbocycles. The van der Waals surface area contributed by atoms with Crippen LogP contribution in [0.25, 0.3) is 0 Å². The van der Waals surface area contributed by atoms with Gasteiger partial charge in [0.1, 0.15) is 17.6 Å². The number of methoxy groups -OCH3 is 1. The number of benzene rings is 3. The van der Waals surface area contributed by atoms with Crippen molar-refractivity contribution in [2.45, 2.75) is 16.7 Å². The van der Waals surface area contributed by atoms with Crippen molar-refractivity contribution in [2.24, 2.45) is 7.05 Å². The summed E-state index contributed by atoms with van der Waals surface area (Å²) < 4.78 is 7.17. The van der Waals surface area contributed by atoms with Crippen LogP contribution in [0.3, 0.4) is 0 Å². The molecule has 33 heavy (non-hydrogen) atoms. The number of hydrogen-bond acceptors (Lipinski definition) is 4. The molecule has 0 radical (unpaired) electrons. The van der Waals surface area contributed by atoms with Crippen LogP contribution in [0.2, 0.25) is 5.02 Å². The molecule has 4 aromatic rings. The zero-order chi connectivity index (χ0) is 23.2. The minimum atomic E-state index is -0.386. The number of halogens is 1. The fraction of sp³-hybridized carbons (Fsp3) is 0.154. The summed E-state index contributed by atoms with van der Waals surface area (Å²) >= 11 is 7.67. The van der Waals surface area contributed by atoms with E-state index < -0.39 is 0 Å². The lowest BCUT2D eigenvalue weighted by molar-refractivity contribution is 0.0941. The Morgan fingerprint density at radius 3 is 2.36 bits per heavy atom. The molecule has 3 aromatic carbocycles. The summed E-state index contributed by atoms with van der Waals surface area (Å²) in [6.45, 7) is 0. The maximum atomic E-state index is 13.1. The molecule has 1 heterocycles. The largest absolute Gasteiger partial charge is 0.497 e. The number of rotatable bonds is 8. The molecular formula is C26H24ClN3O2S. The monoisotopic (exact) mass is 477 g/mol. The van der Waals surface area contributed by atoms with E-state index in [2.05, 4.69) is 10.3 Å². The van der Waals surface area contributed by atoms with Gasteiger partial charge in [-0.25, -0.2) is 4.98 Å². The minimum absolute atomic E-state index is 0.157. The van der Waals surface area contributed by atoms with Crippen LogP contribution in [0.1, 0.15) is 33.4 Å². The Bertz CT molecular complexity index is 1210. The zero-order valence-electron chi connectivity index (χ0n) is 18.4. The Kier molecular flexibility index (Phi) is 7.37. The van der Waals surface area contributed by atoms with Gasteiger partial charge in [0, 0.05) is 40.7 Å². The first-order valence-corrected chi connectivity index (χ1v) is 11.8. The van der Waals surface area contributed by atoms with Gasteiger partial charge in [-0.2, -0.15) is 0 Å². The summed E-state index contributed by atoms with van der Waals surface area (Å²) in [6, 6.07) is 22.7. The number of carbonyl (C=O) groups excluding carboxylic acids is 1. The molecule has 1 unspecified atom stereocenters. The number of nitrogens with zero attached hydrogens (tertiary/aromatic N) is 2. The van der Waals surface area contributed by atoms with Crippen molar-refractivity contribution < 1.29 is 9.53 Å². The molecule has 1 amide bonds. The van der Waals surface area contributed by atoms with Gasteiger partial charge < -0.3 is 14.6 Å². The van der Waals surface area contributed by atoms with E-state index in [1.54, 1.807) is 25.1 Å². The second kappa shape index (κ2) is 10.6. The van der Waals surface area contributed by atoms with Gasteiger partial charge in [0.05, 0.1) is 7.11 Å². The average molecular weight is 478 g/mol. The van der Waals surface area contributed by atoms with E-state index in [1.807, 2.05) is 90.6 Å². The van der Waals surface area contributed by atoms with E-state index in [9.17, 15) is 4.79 Å². The molecule has 4 rings (SSSR count). The third kappa shape index (κ3) is 5.78. The summed E-state index contributed by atoms with van der Waals surface area (Å²) in [6.07, 6.45) is 3.59. The fourth-order valence-corrected chi connectivity index (χ4v) is 4.39. The second-order valence-corrected chi connectivity index (χ2v) is 9.00. The summed E-state index contributed by atoms with van der Waals surface area (Å²) in [4.78, 5) is 18.7. The predicted octanol–water partition coefficient (Wildman–Crippen LogP) is 5.89. The van der Waals surface area contributed by atoms with Gasteiger partial charge in [-0.1, -0.05) is 35.9 Å². The molecule has 5 nitrogen and oxygen atoms in total. The normalized spacial score (nSPS) is 11.7. The predicted molar refractivity (Wildman–Crippen MR) is 133 cm³/mol.